The number of thioether (sulfide) groups is 1. The number of hydrogen-bond donors (Lipinski definition) is 3. The molecular formula is C25H26F2N4O3S. The Hall–Kier alpha value is -3.29. The second kappa shape index (κ2) is 10.5. The van der Waals surface area contributed by atoms with Crippen LogP contribution in [0.15, 0.2) is 36.0 Å². The molecule has 1 unspecified atom stereocenters. The summed E-state index contributed by atoms with van der Waals surface area (Å²) in [4.78, 5) is 21.8. The number of alkyl halides is 2. The van der Waals surface area contributed by atoms with Crippen LogP contribution >= 0.6 is 11.8 Å². The summed E-state index contributed by atoms with van der Waals surface area (Å²) in [5, 5.41) is 20.5. The molecule has 3 N–H and O–H groups in total. The summed E-state index contributed by atoms with van der Waals surface area (Å²) in [5.74, 6) is 5.69. The lowest BCUT2D eigenvalue weighted by atomic mass is 9.99. The van der Waals surface area contributed by atoms with Gasteiger partial charge in [0.15, 0.2) is 5.17 Å². The normalized spacial score (nSPS) is 16.8. The lowest BCUT2D eigenvalue weighted by molar-refractivity contribution is 0.0978. The van der Waals surface area contributed by atoms with Gasteiger partial charge in [0, 0.05) is 17.3 Å². The van der Waals surface area contributed by atoms with Gasteiger partial charge >= 0.3 is 0 Å². The Bertz CT molecular complexity index is 1230. The summed E-state index contributed by atoms with van der Waals surface area (Å²) >= 11 is 1.08. The van der Waals surface area contributed by atoms with Crippen LogP contribution in [0.4, 0.5) is 8.78 Å². The largest absolute Gasteiger partial charge is 0.494 e. The van der Waals surface area contributed by atoms with Crippen molar-refractivity contribution in [3.63, 3.8) is 0 Å². The van der Waals surface area contributed by atoms with Crippen molar-refractivity contribution in [2.45, 2.75) is 39.2 Å². The highest BCUT2D eigenvalue weighted by atomic mass is 32.2. The Morgan fingerprint density at radius 2 is 2.03 bits per heavy atom. The van der Waals surface area contributed by atoms with Crippen molar-refractivity contribution in [2.75, 3.05) is 7.11 Å². The van der Waals surface area contributed by atoms with E-state index in [-0.39, 0.29) is 33.3 Å². The molecule has 1 amide bonds. The fraction of sp³-hybridized carbons (Fsp3) is 0.360. The summed E-state index contributed by atoms with van der Waals surface area (Å²) in [6.45, 7) is 9.08. The van der Waals surface area contributed by atoms with Crippen LogP contribution in [-0.4, -0.2) is 38.9 Å². The number of nitrogens with zero attached hydrogens (tertiary/aromatic N) is 2. The summed E-state index contributed by atoms with van der Waals surface area (Å²) in [6, 6.07) is 2.58. The SMILES string of the molecule is C=C(SC(=N)NC(=O)c1cnc(C#CC(C)(C)O)cc1-c1cc(C(F)F)ncc1OC)C1C[C@@H]1C. The van der Waals surface area contributed by atoms with Gasteiger partial charge in [0.05, 0.1) is 18.9 Å². The second-order valence-electron chi connectivity index (χ2n) is 8.71. The molecule has 0 aliphatic heterocycles. The van der Waals surface area contributed by atoms with Gasteiger partial charge in [-0.2, -0.15) is 0 Å². The van der Waals surface area contributed by atoms with Crippen molar-refractivity contribution in [2.24, 2.45) is 11.8 Å². The molecule has 184 valence electrons. The molecule has 0 saturated heterocycles. The molecule has 7 nitrogen and oxygen atoms in total. The van der Waals surface area contributed by atoms with Crippen LogP contribution in [0.1, 0.15) is 55.4 Å². The molecule has 1 saturated carbocycles. The summed E-state index contributed by atoms with van der Waals surface area (Å²) in [6.07, 6.45) is 0.563. The number of pyridine rings is 2. The van der Waals surface area contributed by atoms with Gasteiger partial charge in [-0.1, -0.05) is 31.2 Å². The maximum absolute atomic E-state index is 13.4. The Morgan fingerprint density at radius 1 is 1.34 bits per heavy atom. The number of halogens is 2. The third-order valence-corrected chi connectivity index (χ3v) is 6.12. The van der Waals surface area contributed by atoms with Crippen LogP contribution in [0.2, 0.25) is 0 Å². The molecule has 10 heteroatoms. The Labute approximate surface area is 206 Å². The molecule has 3 rings (SSSR count). The zero-order valence-electron chi connectivity index (χ0n) is 19.8. The van der Waals surface area contributed by atoms with E-state index in [9.17, 15) is 18.7 Å². The lowest BCUT2D eigenvalue weighted by Crippen LogP contribution is -2.28. The average molecular weight is 501 g/mol. The number of aromatic nitrogens is 2. The number of allylic oxidation sites excluding steroid dienone is 1. The first-order valence-electron chi connectivity index (χ1n) is 10.7. The van der Waals surface area contributed by atoms with E-state index in [0.29, 0.717) is 11.8 Å². The molecule has 2 aromatic rings. The standard InChI is InChI=1S/C25H26F2N4O3S/c1-13-8-16(13)14(2)35-24(28)31-23(32)19-11-29-15(6-7-25(3,4)33)9-17(19)18-10-20(22(26)27)30-12-21(18)34-5/h9-13,16,22,33H,2,8H2,1,3-5H3,(H2,28,31,32)/t13-,16?/m0/s1. The van der Waals surface area contributed by atoms with E-state index in [1.165, 1.54) is 33.2 Å². The highest BCUT2D eigenvalue weighted by Gasteiger charge is 2.35. The number of methoxy groups -OCH3 is 1. The number of amidine groups is 1. The Balaban J connectivity index is 2.02. The number of amides is 1. The second-order valence-corrected chi connectivity index (χ2v) is 9.84. The third-order valence-electron chi connectivity index (χ3n) is 5.25. The zero-order valence-corrected chi connectivity index (χ0v) is 20.6. The van der Waals surface area contributed by atoms with Crippen molar-refractivity contribution in [1.29, 1.82) is 5.41 Å². The number of nitrogens with one attached hydrogen (secondary N) is 2. The zero-order chi connectivity index (χ0) is 25.9. The molecular weight excluding hydrogens is 474 g/mol. The maximum Gasteiger partial charge on any atom is 0.280 e. The van der Waals surface area contributed by atoms with Crippen LogP contribution in [-0.2, 0) is 0 Å². The molecule has 1 aliphatic rings. The van der Waals surface area contributed by atoms with Gasteiger partial charge in [0.2, 0.25) is 0 Å². The maximum atomic E-state index is 13.4. The molecule has 0 radical (unpaired) electrons. The smallest absolute Gasteiger partial charge is 0.280 e. The highest BCUT2D eigenvalue weighted by molar-refractivity contribution is 8.17. The highest BCUT2D eigenvalue weighted by Crippen LogP contribution is 2.47. The van der Waals surface area contributed by atoms with Crippen molar-refractivity contribution in [3.05, 3.63) is 53.0 Å². The molecule has 2 aromatic heterocycles. The number of rotatable bonds is 6. The topological polar surface area (TPSA) is 108 Å². The Kier molecular flexibility index (Phi) is 7.93. The van der Waals surface area contributed by atoms with Crippen molar-refractivity contribution < 1.29 is 23.4 Å². The summed E-state index contributed by atoms with van der Waals surface area (Å²) in [7, 11) is 1.36. The van der Waals surface area contributed by atoms with Gasteiger partial charge in [-0.3, -0.25) is 15.2 Å². The predicted molar refractivity (Wildman–Crippen MR) is 131 cm³/mol. The van der Waals surface area contributed by atoms with Crippen LogP contribution in [0.5, 0.6) is 5.75 Å². The number of carbonyl (C=O) groups is 1. The number of carbonyl (C=O) groups excluding carboxylic acids is 1. The van der Waals surface area contributed by atoms with Gasteiger partial charge in [0.1, 0.15) is 22.7 Å². The van der Waals surface area contributed by atoms with Crippen LogP contribution in [0.25, 0.3) is 11.1 Å². The fourth-order valence-corrected chi connectivity index (χ4v) is 4.16. The molecule has 1 fully saturated rings. The fourth-order valence-electron chi connectivity index (χ4n) is 3.27. The van der Waals surface area contributed by atoms with Crippen LogP contribution < -0.4 is 10.1 Å². The number of ether oxygens (including phenoxy) is 1. The monoisotopic (exact) mass is 500 g/mol. The average Bonchev–Trinajstić information content (AvgIpc) is 3.53. The minimum atomic E-state index is -2.84. The third kappa shape index (κ3) is 6.87. The first-order valence-corrected chi connectivity index (χ1v) is 11.6. The lowest BCUT2D eigenvalue weighted by Gasteiger charge is -2.15. The molecule has 2 heterocycles. The number of hydrogen-bond acceptors (Lipinski definition) is 7. The summed E-state index contributed by atoms with van der Waals surface area (Å²) in [5.41, 5.74) is -1.15. The van der Waals surface area contributed by atoms with Crippen molar-refractivity contribution >= 4 is 22.8 Å². The van der Waals surface area contributed by atoms with E-state index in [1.54, 1.807) is 0 Å². The van der Waals surface area contributed by atoms with E-state index in [1.807, 2.05) is 0 Å². The number of aliphatic hydroxyl groups is 1. The van der Waals surface area contributed by atoms with E-state index in [4.69, 9.17) is 10.1 Å². The molecule has 1 aliphatic carbocycles. The van der Waals surface area contributed by atoms with Crippen LogP contribution in [0.3, 0.4) is 0 Å². The summed E-state index contributed by atoms with van der Waals surface area (Å²) < 4.78 is 32.1. The molecule has 0 bridgehead atoms. The van der Waals surface area contributed by atoms with Crippen molar-refractivity contribution in [3.8, 4) is 28.7 Å². The molecule has 2 atom stereocenters. The van der Waals surface area contributed by atoms with Gasteiger partial charge in [0.25, 0.3) is 12.3 Å². The van der Waals surface area contributed by atoms with Gasteiger partial charge < -0.3 is 15.2 Å². The minimum absolute atomic E-state index is 0.0271. The molecule has 35 heavy (non-hydrogen) atoms. The van der Waals surface area contributed by atoms with Gasteiger partial charge in [-0.25, -0.2) is 13.8 Å². The quantitative estimate of drug-likeness (QED) is 0.299. The van der Waals surface area contributed by atoms with Crippen molar-refractivity contribution in [1.82, 2.24) is 15.3 Å². The molecule has 0 spiro atoms. The van der Waals surface area contributed by atoms with E-state index in [0.717, 1.165) is 35.4 Å². The van der Waals surface area contributed by atoms with E-state index >= 15 is 0 Å². The molecule has 0 aromatic carbocycles. The van der Waals surface area contributed by atoms with Crippen LogP contribution in [0, 0.1) is 29.1 Å². The Morgan fingerprint density at radius 3 is 2.60 bits per heavy atom. The van der Waals surface area contributed by atoms with E-state index < -0.39 is 23.6 Å². The predicted octanol–water partition coefficient (Wildman–Crippen LogP) is 4.78. The van der Waals surface area contributed by atoms with Gasteiger partial charge in [-0.15, -0.1) is 0 Å². The first-order chi connectivity index (χ1) is 16.4. The van der Waals surface area contributed by atoms with Gasteiger partial charge in [-0.05, 0) is 55.1 Å². The minimum Gasteiger partial charge on any atom is -0.494 e. The first kappa shape index (κ1) is 26.3. The van der Waals surface area contributed by atoms with E-state index in [2.05, 4.69) is 40.6 Å².